The highest BCUT2D eigenvalue weighted by Crippen LogP contribution is 2.09. The fourth-order valence-electron chi connectivity index (χ4n) is 4.03. The van der Waals surface area contributed by atoms with Crippen LogP contribution in [-0.4, -0.2) is 85.8 Å². The highest BCUT2D eigenvalue weighted by Gasteiger charge is 2.29. The van der Waals surface area contributed by atoms with Crippen LogP contribution in [0.25, 0.3) is 0 Å². The summed E-state index contributed by atoms with van der Waals surface area (Å²) >= 11 is 1.54. The molecular weight excluding hydrogens is 546 g/mol. The van der Waals surface area contributed by atoms with Crippen molar-refractivity contribution in [1.82, 2.24) is 26.6 Å². The third kappa shape index (κ3) is 14.9. The molecule has 5 amide bonds. The SMILES string of the molecule is CSCCC(NC=O)C(=O)NC(CC(C)C)C(=O)NC(Cc1ccccc1)C(=O)NCCCC(N)C(=O)NCCN. The predicted octanol–water partition coefficient (Wildman–Crippen LogP) is -0.589. The Balaban J connectivity index is 2.92. The zero-order valence-corrected chi connectivity index (χ0v) is 25.1. The topological polar surface area (TPSA) is 198 Å². The molecule has 230 valence electrons. The molecule has 0 radical (unpaired) electrons. The number of benzene rings is 1. The first-order valence-corrected chi connectivity index (χ1v) is 15.4. The van der Waals surface area contributed by atoms with E-state index in [9.17, 15) is 24.0 Å². The normalized spacial score (nSPS) is 13.8. The molecule has 1 rings (SSSR count). The van der Waals surface area contributed by atoms with Crippen LogP contribution in [-0.2, 0) is 30.4 Å². The molecule has 13 heteroatoms. The summed E-state index contributed by atoms with van der Waals surface area (Å²) in [5.41, 5.74) is 12.1. The molecule has 0 aliphatic heterocycles. The molecule has 0 heterocycles. The van der Waals surface area contributed by atoms with Gasteiger partial charge in [0, 0.05) is 26.1 Å². The van der Waals surface area contributed by atoms with E-state index in [-0.39, 0.29) is 24.8 Å². The minimum absolute atomic E-state index is 0.0717. The Hall–Kier alpha value is -3.16. The molecule has 0 saturated carbocycles. The number of hydrogen-bond acceptors (Lipinski definition) is 8. The number of nitrogens with two attached hydrogens (primary N) is 2. The molecule has 1 aromatic carbocycles. The molecule has 0 bridgehead atoms. The summed E-state index contributed by atoms with van der Waals surface area (Å²) in [6, 6.07) is 5.99. The number of carbonyl (C=O) groups excluding carboxylic acids is 5. The molecule has 0 saturated heterocycles. The Morgan fingerprint density at radius 2 is 1.51 bits per heavy atom. The van der Waals surface area contributed by atoms with Crippen molar-refractivity contribution in [3.8, 4) is 0 Å². The van der Waals surface area contributed by atoms with Gasteiger partial charge in [-0.05, 0) is 49.2 Å². The van der Waals surface area contributed by atoms with Gasteiger partial charge in [-0.2, -0.15) is 11.8 Å². The third-order valence-corrected chi connectivity index (χ3v) is 6.87. The van der Waals surface area contributed by atoms with E-state index in [2.05, 4.69) is 26.6 Å². The fourth-order valence-corrected chi connectivity index (χ4v) is 4.50. The second-order valence-electron chi connectivity index (χ2n) is 10.2. The van der Waals surface area contributed by atoms with Crippen molar-refractivity contribution in [1.29, 1.82) is 0 Å². The van der Waals surface area contributed by atoms with Crippen LogP contribution in [0.3, 0.4) is 0 Å². The van der Waals surface area contributed by atoms with Crippen molar-refractivity contribution in [2.24, 2.45) is 17.4 Å². The lowest BCUT2D eigenvalue weighted by atomic mass is 10.0. The Kier molecular flexibility index (Phi) is 18.1. The van der Waals surface area contributed by atoms with Crippen LogP contribution in [0.4, 0.5) is 0 Å². The molecule has 0 aliphatic carbocycles. The predicted molar refractivity (Wildman–Crippen MR) is 162 cm³/mol. The molecule has 0 aliphatic rings. The molecule has 12 nitrogen and oxygen atoms in total. The van der Waals surface area contributed by atoms with Crippen molar-refractivity contribution in [3.05, 3.63) is 35.9 Å². The van der Waals surface area contributed by atoms with E-state index in [4.69, 9.17) is 11.5 Å². The maximum Gasteiger partial charge on any atom is 0.243 e. The summed E-state index contributed by atoms with van der Waals surface area (Å²) in [4.78, 5) is 62.5. The average molecular weight is 594 g/mol. The third-order valence-electron chi connectivity index (χ3n) is 6.22. The Morgan fingerprint density at radius 1 is 0.878 bits per heavy atom. The minimum Gasteiger partial charge on any atom is -0.354 e. The molecule has 1 aromatic rings. The van der Waals surface area contributed by atoms with Crippen molar-refractivity contribution < 1.29 is 24.0 Å². The van der Waals surface area contributed by atoms with E-state index in [1.54, 1.807) is 11.8 Å². The zero-order valence-electron chi connectivity index (χ0n) is 24.3. The molecule has 41 heavy (non-hydrogen) atoms. The van der Waals surface area contributed by atoms with E-state index in [0.717, 1.165) is 5.56 Å². The molecule has 0 spiro atoms. The maximum absolute atomic E-state index is 13.4. The smallest absolute Gasteiger partial charge is 0.243 e. The first-order chi connectivity index (χ1) is 19.6. The van der Waals surface area contributed by atoms with Gasteiger partial charge < -0.3 is 38.1 Å². The molecule has 9 N–H and O–H groups in total. The number of amides is 5. The van der Waals surface area contributed by atoms with E-state index in [1.807, 2.05) is 50.4 Å². The largest absolute Gasteiger partial charge is 0.354 e. The first kappa shape index (κ1) is 35.9. The van der Waals surface area contributed by atoms with Crippen molar-refractivity contribution in [3.63, 3.8) is 0 Å². The number of hydrogen-bond donors (Lipinski definition) is 7. The first-order valence-electron chi connectivity index (χ1n) is 14.0. The number of nitrogens with one attached hydrogen (secondary N) is 5. The van der Waals surface area contributed by atoms with Crippen LogP contribution in [0.1, 0.15) is 45.1 Å². The van der Waals surface area contributed by atoms with Gasteiger partial charge in [-0.1, -0.05) is 44.2 Å². The highest BCUT2D eigenvalue weighted by molar-refractivity contribution is 7.98. The van der Waals surface area contributed by atoms with Gasteiger partial charge in [0.1, 0.15) is 18.1 Å². The molecule has 0 fully saturated rings. The van der Waals surface area contributed by atoms with Crippen molar-refractivity contribution in [2.75, 3.05) is 31.6 Å². The lowest BCUT2D eigenvalue weighted by Crippen LogP contribution is -2.57. The van der Waals surface area contributed by atoms with Crippen molar-refractivity contribution >= 4 is 41.8 Å². The second-order valence-corrected chi connectivity index (χ2v) is 11.2. The minimum atomic E-state index is -0.904. The Morgan fingerprint density at radius 3 is 2.12 bits per heavy atom. The van der Waals surface area contributed by atoms with E-state index in [0.29, 0.717) is 50.9 Å². The monoisotopic (exact) mass is 593 g/mol. The van der Waals surface area contributed by atoms with Crippen LogP contribution in [0.15, 0.2) is 30.3 Å². The maximum atomic E-state index is 13.4. The Labute approximate surface area is 247 Å². The summed E-state index contributed by atoms with van der Waals surface area (Å²) < 4.78 is 0. The number of carbonyl (C=O) groups is 5. The van der Waals surface area contributed by atoms with Gasteiger partial charge in [0.25, 0.3) is 0 Å². The van der Waals surface area contributed by atoms with Crippen LogP contribution in [0.5, 0.6) is 0 Å². The van der Waals surface area contributed by atoms with E-state index in [1.165, 1.54) is 0 Å². The standard InChI is InChI=1S/C28H47N7O5S/c1-19(2)16-23(34-27(39)22(33-18-36)11-15-41-3)28(40)35-24(17-20-8-5-4-6-9-20)26(38)31-13-7-10-21(30)25(37)32-14-12-29/h4-6,8-9,18-19,21-24H,7,10-17,29-30H2,1-3H3,(H,31,38)(H,32,37)(H,33,36)(H,34,39)(H,35,40). The Bertz CT molecular complexity index is 951. The van der Waals surface area contributed by atoms with Gasteiger partial charge in [0.2, 0.25) is 30.0 Å². The van der Waals surface area contributed by atoms with Gasteiger partial charge in [-0.15, -0.1) is 0 Å². The van der Waals surface area contributed by atoms with E-state index < -0.39 is 41.9 Å². The quantitative estimate of drug-likeness (QED) is 0.0725. The summed E-state index contributed by atoms with van der Waals surface area (Å²) in [6.45, 7) is 4.78. The lowest BCUT2D eigenvalue weighted by Gasteiger charge is -2.26. The van der Waals surface area contributed by atoms with Gasteiger partial charge >= 0.3 is 0 Å². The van der Waals surface area contributed by atoms with Crippen LogP contribution in [0.2, 0.25) is 0 Å². The van der Waals surface area contributed by atoms with Gasteiger partial charge in [-0.25, -0.2) is 0 Å². The van der Waals surface area contributed by atoms with Crippen LogP contribution in [0, 0.1) is 5.92 Å². The van der Waals surface area contributed by atoms with Crippen LogP contribution < -0.4 is 38.1 Å². The summed E-state index contributed by atoms with van der Waals surface area (Å²) in [5, 5.41) is 13.6. The van der Waals surface area contributed by atoms with Gasteiger partial charge in [0.15, 0.2) is 0 Å². The molecule has 4 atom stereocenters. The summed E-state index contributed by atoms with van der Waals surface area (Å²) in [7, 11) is 0. The number of thioether (sulfide) groups is 1. The summed E-state index contributed by atoms with van der Waals surface area (Å²) in [5.74, 6) is -0.906. The van der Waals surface area contributed by atoms with Crippen molar-refractivity contribution in [2.45, 2.75) is 70.1 Å². The zero-order chi connectivity index (χ0) is 30.6. The van der Waals surface area contributed by atoms with Crippen LogP contribution >= 0.6 is 11.8 Å². The van der Waals surface area contributed by atoms with E-state index >= 15 is 0 Å². The fraction of sp³-hybridized carbons (Fsp3) is 0.607. The van der Waals surface area contributed by atoms with Gasteiger partial charge in [0.05, 0.1) is 6.04 Å². The average Bonchev–Trinajstić information content (AvgIpc) is 2.95. The summed E-state index contributed by atoms with van der Waals surface area (Å²) in [6.07, 6.45) is 4.20. The lowest BCUT2D eigenvalue weighted by molar-refractivity contribution is -0.133. The second kappa shape index (κ2) is 20.7. The number of rotatable bonds is 21. The molecule has 0 aromatic heterocycles. The van der Waals surface area contributed by atoms with Gasteiger partial charge in [-0.3, -0.25) is 24.0 Å². The molecule has 4 unspecified atom stereocenters. The molecular formula is C28H47N7O5S. The highest BCUT2D eigenvalue weighted by atomic mass is 32.2.